The highest BCUT2D eigenvalue weighted by Crippen LogP contribution is 2.31. The van der Waals surface area contributed by atoms with Crippen LogP contribution >= 0.6 is 23.7 Å². The lowest BCUT2D eigenvalue weighted by Gasteiger charge is -2.12. The van der Waals surface area contributed by atoms with E-state index in [0.717, 1.165) is 12.8 Å². The van der Waals surface area contributed by atoms with E-state index in [0.29, 0.717) is 34.5 Å². The van der Waals surface area contributed by atoms with Crippen LogP contribution in [0.25, 0.3) is 0 Å². The van der Waals surface area contributed by atoms with Crippen molar-refractivity contribution in [2.75, 3.05) is 11.9 Å². The van der Waals surface area contributed by atoms with Crippen molar-refractivity contribution in [3.05, 3.63) is 52.4 Å². The Morgan fingerprint density at radius 1 is 1.15 bits per heavy atom. The molecule has 0 aliphatic heterocycles. The molecule has 1 saturated carbocycles. The Labute approximate surface area is 170 Å². The average molecular weight is 408 g/mol. The van der Waals surface area contributed by atoms with Crippen LogP contribution in [0.5, 0.6) is 0 Å². The molecule has 27 heavy (non-hydrogen) atoms. The van der Waals surface area contributed by atoms with Gasteiger partial charge in [-0.05, 0) is 53.8 Å². The largest absolute Gasteiger partial charge is 0.350 e. The fourth-order valence-corrected chi connectivity index (χ4v) is 3.56. The van der Waals surface area contributed by atoms with Crippen LogP contribution in [0, 0.1) is 5.92 Å². The molecule has 1 aliphatic carbocycles. The summed E-state index contributed by atoms with van der Waals surface area (Å²) in [7, 11) is 0. The van der Waals surface area contributed by atoms with Gasteiger partial charge in [-0.3, -0.25) is 9.59 Å². The predicted molar refractivity (Wildman–Crippen MR) is 113 cm³/mol. The number of rotatable bonds is 7. The third kappa shape index (κ3) is 5.54. The first kappa shape index (κ1) is 21.4. The van der Waals surface area contributed by atoms with Gasteiger partial charge in [0.05, 0.1) is 5.56 Å². The molecular weight excluding hydrogens is 382 g/mol. The van der Waals surface area contributed by atoms with E-state index in [-0.39, 0.29) is 30.3 Å². The van der Waals surface area contributed by atoms with Crippen molar-refractivity contribution in [3.8, 4) is 0 Å². The second-order valence-corrected chi connectivity index (χ2v) is 8.02. The summed E-state index contributed by atoms with van der Waals surface area (Å²) in [5, 5.41) is 8.07. The SMILES string of the molecule is CC(C)c1ccc(C(=O)Nc2sccc2C(=O)NCC(N)C2CC2)cc1.Cl. The highest BCUT2D eigenvalue weighted by Gasteiger charge is 2.28. The Hall–Kier alpha value is -1.89. The molecule has 1 atom stereocenters. The van der Waals surface area contributed by atoms with Gasteiger partial charge in [-0.1, -0.05) is 26.0 Å². The fraction of sp³-hybridized carbons (Fsp3) is 0.400. The number of carbonyl (C=O) groups is 2. The molecule has 3 rings (SSSR count). The maximum absolute atomic E-state index is 12.5. The second-order valence-electron chi connectivity index (χ2n) is 7.11. The van der Waals surface area contributed by atoms with Crippen molar-refractivity contribution in [2.24, 2.45) is 11.7 Å². The number of nitrogens with one attached hydrogen (secondary N) is 2. The first-order chi connectivity index (χ1) is 12.5. The third-order valence-corrected chi connectivity index (χ3v) is 5.53. The van der Waals surface area contributed by atoms with Crippen LogP contribution < -0.4 is 16.4 Å². The second kappa shape index (κ2) is 9.35. The van der Waals surface area contributed by atoms with Gasteiger partial charge in [-0.2, -0.15) is 0 Å². The molecule has 4 N–H and O–H groups in total. The highest BCUT2D eigenvalue weighted by molar-refractivity contribution is 7.14. The summed E-state index contributed by atoms with van der Waals surface area (Å²) in [6.45, 7) is 4.69. The molecule has 0 radical (unpaired) electrons. The number of hydrogen-bond donors (Lipinski definition) is 3. The quantitative estimate of drug-likeness (QED) is 0.648. The van der Waals surface area contributed by atoms with E-state index < -0.39 is 0 Å². The Morgan fingerprint density at radius 2 is 1.81 bits per heavy atom. The monoisotopic (exact) mass is 407 g/mol. The Balaban J connectivity index is 0.00000261. The van der Waals surface area contributed by atoms with E-state index in [2.05, 4.69) is 24.5 Å². The van der Waals surface area contributed by atoms with Gasteiger partial charge in [0, 0.05) is 18.2 Å². The average Bonchev–Trinajstić information content (AvgIpc) is 3.39. The molecule has 7 heteroatoms. The molecule has 0 spiro atoms. The van der Waals surface area contributed by atoms with Crippen LogP contribution in [0.15, 0.2) is 35.7 Å². The zero-order valence-electron chi connectivity index (χ0n) is 15.5. The number of benzene rings is 1. The lowest BCUT2D eigenvalue weighted by Crippen LogP contribution is -2.38. The van der Waals surface area contributed by atoms with Crippen LogP contribution in [0.3, 0.4) is 0 Å². The van der Waals surface area contributed by atoms with Gasteiger partial charge in [-0.15, -0.1) is 23.7 Å². The minimum atomic E-state index is -0.216. The van der Waals surface area contributed by atoms with Gasteiger partial charge in [0.2, 0.25) is 0 Å². The van der Waals surface area contributed by atoms with Crippen molar-refractivity contribution in [3.63, 3.8) is 0 Å². The summed E-state index contributed by atoms with van der Waals surface area (Å²) in [5.41, 5.74) is 8.26. The van der Waals surface area contributed by atoms with Crippen molar-refractivity contribution >= 4 is 40.6 Å². The standard InChI is InChI=1S/C20H25N3O2S.ClH/c1-12(2)13-3-7-15(8-4-13)18(24)23-20-16(9-10-26-20)19(25)22-11-17(21)14-5-6-14;/h3-4,7-10,12,14,17H,5-6,11,21H2,1-2H3,(H,22,25)(H,23,24);1H. The Bertz CT molecular complexity index is 785. The third-order valence-electron chi connectivity index (χ3n) is 4.70. The Kier molecular flexibility index (Phi) is 7.41. The molecule has 1 heterocycles. The number of halogens is 1. The molecule has 0 bridgehead atoms. The number of nitrogens with two attached hydrogens (primary N) is 1. The first-order valence-electron chi connectivity index (χ1n) is 8.98. The number of amides is 2. The van der Waals surface area contributed by atoms with E-state index in [1.165, 1.54) is 16.9 Å². The topological polar surface area (TPSA) is 84.2 Å². The maximum Gasteiger partial charge on any atom is 0.256 e. The molecule has 1 fully saturated rings. The zero-order chi connectivity index (χ0) is 18.7. The molecule has 1 aromatic heterocycles. The van der Waals surface area contributed by atoms with Gasteiger partial charge in [-0.25, -0.2) is 0 Å². The minimum absolute atomic E-state index is 0. The minimum Gasteiger partial charge on any atom is -0.350 e. The highest BCUT2D eigenvalue weighted by atomic mass is 35.5. The molecule has 146 valence electrons. The van der Waals surface area contributed by atoms with Crippen molar-refractivity contribution in [2.45, 2.75) is 38.6 Å². The van der Waals surface area contributed by atoms with Crippen LogP contribution in [0.2, 0.25) is 0 Å². The summed E-state index contributed by atoms with van der Waals surface area (Å²) >= 11 is 1.34. The van der Waals surface area contributed by atoms with Crippen LogP contribution in [0.1, 0.15) is 58.9 Å². The fourth-order valence-electron chi connectivity index (χ4n) is 2.78. The Morgan fingerprint density at radius 3 is 2.41 bits per heavy atom. The molecule has 5 nitrogen and oxygen atoms in total. The molecule has 2 amide bonds. The number of anilines is 1. The van der Waals surface area contributed by atoms with Crippen LogP contribution in [-0.4, -0.2) is 24.4 Å². The number of hydrogen-bond acceptors (Lipinski definition) is 4. The van der Waals surface area contributed by atoms with Gasteiger partial charge < -0.3 is 16.4 Å². The van der Waals surface area contributed by atoms with Crippen molar-refractivity contribution < 1.29 is 9.59 Å². The van der Waals surface area contributed by atoms with Crippen LogP contribution in [0.4, 0.5) is 5.00 Å². The number of carbonyl (C=O) groups excluding carboxylic acids is 2. The van der Waals surface area contributed by atoms with Gasteiger partial charge in [0.25, 0.3) is 11.8 Å². The summed E-state index contributed by atoms with van der Waals surface area (Å²) in [6, 6.07) is 9.27. The lowest BCUT2D eigenvalue weighted by atomic mass is 10.0. The number of thiophene rings is 1. The van der Waals surface area contributed by atoms with E-state index in [1.54, 1.807) is 11.4 Å². The van der Waals surface area contributed by atoms with E-state index >= 15 is 0 Å². The normalized spacial score (nSPS) is 14.4. The van der Waals surface area contributed by atoms with Crippen molar-refractivity contribution in [1.82, 2.24) is 5.32 Å². The van der Waals surface area contributed by atoms with Crippen molar-refractivity contribution in [1.29, 1.82) is 0 Å². The van der Waals surface area contributed by atoms with Crippen LogP contribution in [-0.2, 0) is 0 Å². The van der Waals surface area contributed by atoms with E-state index in [9.17, 15) is 9.59 Å². The molecular formula is C20H26ClN3O2S. The predicted octanol–water partition coefficient (Wildman–Crippen LogP) is 4.01. The zero-order valence-corrected chi connectivity index (χ0v) is 17.2. The summed E-state index contributed by atoms with van der Waals surface area (Å²) < 4.78 is 0. The molecule has 1 aliphatic rings. The van der Waals surface area contributed by atoms with Gasteiger partial charge in [0.1, 0.15) is 5.00 Å². The lowest BCUT2D eigenvalue weighted by molar-refractivity contribution is 0.0951. The smallest absolute Gasteiger partial charge is 0.256 e. The first-order valence-corrected chi connectivity index (χ1v) is 9.86. The molecule has 2 aromatic rings. The summed E-state index contributed by atoms with van der Waals surface area (Å²) in [6.07, 6.45) is 2.29. The molecule has 0 saturated heterocycles. The molecule has 1 unspecified atom stereocenters. The summed E-state index contributed by atoms with van der Waals surface area (Å²) in [5.74, 6) is 0.534. The maximum atomic E-state index is 12.5. The molecule has 1 aromatic carbocycles. The van der Waals surface area contributed by atoms with E-state index in [4.69, 9.17) is 5.73 Å². The van der Waals surface area contributed by atoms with Gasteiger partial charge >= 0.3 is 0 Å². The summed E-state index contributed by atoms with van der Waals surface area (Å²) in [4.78, 5) is 24.9. The van der Waals surface area contributed by atoms with Gasteiger partial charge in [0.15, 0.2) is 0 Å². The van der Waals surface area contributed by atoms with E-state index in [1.807, 2.05) is 24.3 Å².